The van der Waals surface area contributed by atoms with Gasteiger partial charge in [-0.2, -0.15) is 0 Å². The van der Waals surface area contributed by atoms with Gasteiger partial charge in [-0.3, -0.25) is 4.79 Å². The first-order valence-corrected chi connectivity index (χ1v) is 8.29. The Morgan fingerprint density at radius 1 is 1.09 bits per heavy atom. The van der Waals surface area contributed by atoms with Crippen LogP contribution in [-0.4, -0.2) is 18.7 Å². The number of hydrogen-bond donors (Lipinski definition) is 2. The Hall–Kier alpha value is -2.17. The Kier molecular flexibility index (Phi) is 6.32. The molecule has 0 aliphatic heterocycles. The van der Waals surface area contributed by atoms with E-state index in [1.807, 2.05) is 6.07 Å². The highest BCUT2D eigenvalue weighted by molar-refractivity contribution is 5.89. The zero-order valence-corrected chi connectivity index (χ0v) is 14.0. The number of benzene rings is 1. The van der Waals surface area contributed by atoms with Crippen LogP contribution in [0.15, 0.2) is 23.0 Å². The first kappa shape index (κ1) is 17.2. The van der Waals surface area contributed by atoms with Gasteiger partial charge in [0, 0.05) is 11.1 Å². The van der Waals surface area contributed by atoms with Gasteiger partial charge in [0.2, 0.25) is 5.75 Å². The number of H-pyrrole nitrogens is 1. The van der Waals surface area contributed by atoms with E-state index < -0.39 is 0 Å². The highest BCUT2D eigenvalue weighted by Gasteiger charge is 2.14. The van der Waals surface area contributed by atoms with Crippen molar-refractivity contribution in [3.63, 3.8) is 0 Å². The summed E-state index contributed by atoms with van der Waals surface area (Å²) >= 11 is 0. The summed E-state index contributed by atoms with van der Waals surface area (Å²) in [5.41, 5.74) is 6.72. The van der Waals surface area contributed by atoms with Crippen LogP contribution in [0.25, 0.3) is 10.9 Å². The van der Waals surface area contributed by atoms with E-state index in [0.717, 1.165) is 18.2 Å². The minimum absolute atomic E-state index is 0.248. The molecule has 0 bridgehead atoms. The molecule has 0 aliphatic carbocycles. The van der Waals surface area contributed by atoms with Crippen molar-refractivity contribution in [1.29, 1.82) is 0 Å². The molecule has 5 nitrogen and oxygen atoms in total. The van der Waals surface area contributed by atoms with Crippen molar-refractivity contribution in [2.75, 3.05) is 19.5 Å². The summed E-state index contributed by atoms with van der Waals surface area (Å²) in [6.07, 6.45) is 7.04. The largest absolute Gasteiger partial charge is 0.492 e. The van der Waals surface area contributed by atoms with Crippen molar-refractivity contribution in [1.82, 2.24) is 4.98 Å². The lowest BCUT2D eigenvalue weighted by Crippen LogP contribution is -2.14. The maximum absolute atomic E-state index is 12.2. The fraction of sp³-hybridized carbons (Fsp3) is 0.500. The van der Waals surface area contributed by atoms with Crippen molar-refractivity contribution in [3.8, 4) is 11.5 Å². The van der Waals surface area contributed by atoms with Crippen LogP contribution in [0.4, 0.5) is 5.69 Å². The van der Waals surface area contributed by atoms with Crippen LogP contribution >= 0.6 is 0 Å². The zero-order chi connectivity index (χ0) is 16.7. The Balaban J connectivity index is 2.06. The molecule has 126 valence electrons. The van der Waals surface area contributed by atoms with Gasteiger partial charge >= 0.3 is 0 Å². The predicted octanol–water partition coefficient (Wildman–Crippen LogP) is 3.86. The molecular weight excluding hydrogens is 292 g/mol. The smallest absolute Gasteiger partial charge is 0.294 e. The lowest BCUT2D eigenvalue weighted by atomic mass is 10.1. The van der Waals surface area contributed by atoms with E-state index in [4.69, 9.17) is 15.2 Å². The Bertz CT molecular complexity index is 694. The number of aromatic amines is 1. The number of aromatic nitrogens is 1. The predicted molar refractivity (Wildman–Crippen MR) is 94.4 cm³/mol. The third kappa shape index (κ3) is 4.41. The van der Waals surface area contributed by atoms with E-state index >= 15 is 0 Å². The number of hydrogen-bond acceptors (Lipinski definition) is 4. The highest BCUT2D eigenvalue weighted by Crippen LogP contribution is 2.32. The SMILES string of the molecule is CCCCCCCCOc1c(OC)c2ccc(N)cc2[nH]c1=O. The van der Waals surface area contributed by atoms with E-state index in [0.29, 0.717) is 23.6 Å². The average Bonchev–Trinajstić information content (AvgIpc) is 2.54. The van der Waals surface area contributed by atoms with Crippen LogP contribution in [0, 0.1) is 0 Å². The second kappa shape index (κ2) is 8.46. The first-order valence-electron chi connectivity index (χ1n) is 8.29. The lowest BCUT2D eigenvalue weighted by molar-refractivity contribution is 0.282. The molecule has 0 saturated heterocycles. The summed E-state index contributed by atoms with van der Waals surface area (Å²) in [5, 5.41) is 0.791. The van der Waals surface area contributed by atoms with Gasteiger partial charge in [0.15, 0.2) is 5.75 Å². The Labute approximate surface area is 136 Å². The first-order chi connectivity index (χ1) is 11.2. The van der Waals surface area contributed by atoms with E-state index in [1.54, 1.807) is 19.2 Å². The summed E-state index contributed by atoms with van der Waals surface area (Å²) in [5.74, 6) is 0.716. The van der Waals surface area contributed by atoms with Gasteiger partial charge in [0.25, 0.3) is 5.56 Å². The summed E-state index contributed by atoms with van der Waals surface area (Å²) in [6.45, 7) is 2.72. The molecule has 0 saturated carbocycles. The molecular formula is C18H26N2O3. The maximum atomic E-state index is 12.2. The number of pyridine rings is 1. The third-order valence-electron chi connectivity index (χ3n) is 3.90. The normalized spacial score (nSPS) is 10.9. The number of unbranched alkanes of at least 4 members (excludes halogenated alkanes) is 5. The van der Waals surface area contributed by atoms with Crippen LogP contribution in [0.2, 0.25) is 0 Å². The number of nitrogens with two attached hydrogens (primary N) is 1. The van der Waals surface area contributed by atoms with E-state index in [9.17, 15) is 4.79 Å². The van der Waals surface area contributed by atoms with Crippen molar-refractivity contribution in [2.24, 2.45) is 0 Å². The fourth-order valence-corrected chi connectivity index (χ4v) is 2.66. The van der Waals surface area contributed by atoms with Gasteiger partial charge in [-0.05, 0) is 24.6 Å². The zero-order valence-electron chi connectivity index (χ0n) is 14.0. The third-order valence-corrected chi connectivity index (χ3v) is 3.90. The topological polar surface area (TPSA) is 77.3 Å². The van der Waals surface area contributed by atoms with Crippen molar-refractivity contribution in [2.45, 2.75) is 45.4 Å². The molecule has 1 heterocycles. The van der Waals surface area contributed by atoms with Gasteiger partial charge < -0.3 is 20.2 Å². The minimum atomic E-state index is -0.286. The minimum Gasteiger partial charge on any atom is -0.492 e. The van der Waals surface area contributed by atoms with Crippen LogP contribution < -0.4 is 20.8 Å². The number of rotatable bonds is 9. The number of fused-ring (bicyclic) bond motifs is 1. The standard InChI is InChI=1S/C18H26N2O3/c1-3-4-5-6-7-8-11-23-17-16(22-2)14-10-9-13(19)12-15(14)20-18(17)21/h9-10,12H,3-8,11,19H2,1-2H3,(H,20,21). The summed E-state index contributed by atoms with van der Waals surface area (Å²) in [6, 6.07) is 5.33. The second-order valence-corrected chi connectivity index (χ2v) is 5.74. The summed E-state index contributed by atoms with van der Waals surface area (Å²) < 4.78 is 11.1. The second-order valence-electron chi connectivity index (χ2n) is 5.74. The molecule has 1 aromatic carbocycles. The monoisotopic (exact) mass is 318 g/mol. The molecule has 0 radical (unpaired) electrons. The summed E-state index contributed by atoms with van der Waals surface area (Å²) in [7, 11) is 1.54. The molecule has 1 aromatic heterocycles. The molecule has 0 unspecified atom stereocenters. The maximum Gasteiger partial charge on any atom is 0.294 e. The molecule has 2 rings (SSSR count). The summed E-state index contributed by atoms with van der Waals surface area (Å²) in [4.78, 5) is 15.0. The van der Waals surface area contributed by atoms with E-state index in [1.165, 1.54) is 25.7 Å². The van der Waals surface area contributed by atoms with Crippen LogP contribution in [0.3, 0.4) is 0 Å². The van der Waals surface area contributed by atoms with Crippen molar-refractivity contribution < 1.29 is 9.47 Å². The number of nitrogen functional groups attached to an aromatic ring is 1. The van der Waals surface area contributed by atoms with Gasteiger partial charge in [0.05, 0.1) is 19.2 Å². The molecule has 23 heavy (non-hydrogen) atoms. The van der Waals surface area contributed by atoms with E-state index in [-0.39, 0.29) is 11.3 Å². The fourth-order valence-electron chi connectivity index (χ4n) is 2.66. The van der Waals surface area contributed by atoms with Crippen LogP contribution in [0.1, 0.15) is 45.4 Å². The van der Waals surface area contributed by atoms with Gasteiger partial charge in [-0.15, -0.1) is 0 Å². The molecule has 0 aliphatic rings. The van der Waals surface area contributed by atoms with Crippen molar-refractivity contribution >= 4 is 16.6 Å². The van der Waals surface area contributed by atoms with Gasteiger partial charge in [-0.25, -0.2) is 0 Å². The van der Waals surface area contributed by atoms with Gasteiger partial charge in [0.1, 0.15) is 0 Å². The van der Waals surface area contributed by atoms with Gasteiger partial charge in [-0.1, -0.05) is 39.0 Å². The highest BCUT2D eigenvalue weighted by atomic mass is 16.5. The Morgan fingerprint density at radius 3 is 2.57 bits per heavy atom. The molecule has 3 N–H and O–H groups in total. The molecule has 0 fully saturated rings. The molecule has 0 amide bonds. The van der Waals surface area contributed by atoms with Crippen LogP contribution in [-0.2, 0) is 0 Å². The van der Waals surface area contributed by atoms with Crippen LogP contribution in [0.5, 0.6) is 11.5 Å². The molecule has 5 heteroatoms. The lowest BCUT2D eigenvalue weighted by Gasteiger charge is -2.12. The quantitative estimate of drug-likeness (QED) is 0.543. The van der Waals surface area contributed by atoms with Crippen molar-refractivity contribution in [3.05, 3.63) is 28.6 Å². The number of methoxy groups -OCH3 is 1. The molecule has 0 spiro atoms. The molecule has 2 aromatic rings. The number of nitrogens with one attached hydrogen (secondary N) is 1. The van der Waals surface area contributed by atoms with E-state index in [2.05, 4.69) is 11.9 Å². The number of ether oxygens (including phenoxy) is 2. The molecule has 0 atom stereocenters. The number of anilines is 1. The Morgan fingerprint density at radius 2 is 1.83 bits per heavy atom. The average molecular weight is 318 g/mol.